The summed E-state index contributed by atoms with van der Waals surface area (Å²) < 4.78 is 16.7. The lowest BCUT2D eigenvalue weighted by atomic mass is 9.98. The zero-order valence-electron chi connectivity index (χ0n) is 26.1. The van der Waals surface area contributed by atoms with Crippen molar-refractivity contribution in [2.24, 2.45) is 0 Å². The van der Waals surface area contributed by atoms with Gasteiger partial charge in [0.1, 0.15) is 17.2 Å². The van der Waals surface area contributed by atoms with Crippen LogP contribution in [-0.2, 0) is 13.0 Å². The molecular formula is C39H33N3O5. The Hall–Kier alpha value is -6.02. The summed E-state index contributed by atoms with van der Waals surface area (Å²) in [6.45, 7) is 1.13. The largest absolute Gasteiger partial charge is 0.493 e. The van der Waals surface area contributed by atoms with Crippen molar-refractivity contribution in [3.63, 3.8) is 0 Å². The molecule has 2 heterocycles. The van der Waals surface area contributed by atoms with E-state index in [1.54, 1.807) is 38.5 Å². The molecule has 2 amide bonds. The first-order chi connectivity index (χ1) is 23.0. The number of hydrogen-bond donors (Lipinski definition) is 2. The van der Waals surface area contributed by atoms with Gasteiger partial charge < -0.3 is 29.4 Å². The summed E-state index contributed by atoms with van der Waals surface area (Å²) >= 11 is 0. The number of fused-ring (bicyclic) bond motifs is 2. The van der Waals surface area contributed by atoms with Crippen LogP contribution >= 0.6 is 0 Å². The zero-order chi connectivity index (χ0) is 32.3. The van der Waals surface area contributed by atoms with Crippen molar-refractivity contribution in [2.45, 2.75) is 13.0 Å². The maximum atomic E-state index is 13.5. The maximum Gasteiger partial charge on any atom is 0.270 e. The molecule has 1 aliphatic heterocycles. The third-order valence-corrected chi connectivity index (χ3v) is 8.43. The second-order valence-electron chi connectivity index (χ2n) is 11.4. The van der Waals surface area contributed by atoms with Gasteiger partial charge in [-0.2, -0.15) is 0 Å². The van der Waals surface area contributed by atoms with E-state index in [1.165, 1.54) is 5.56 Å². The van der Waals surface area contributed by atoms with Gasteiger partial charge in [-0.15, -0.1) is 0 Å². The average Bonchev–Trinajstić information content (AvgIpc) is 3.55. The van der Waals surface area contributed by atoms with E-state index in [4.69, 9.17) is 14.2 Å². The molecule has 0 unspecified atom stereocenters. The first-order valence-corrected chi connectivity index (χ1v) is 15.4. The standard InChI is InChI=1S/C39H33N3O5/c1-45-36-22-28-18-19-42(24-30(28)23-37(36)46-2)39(44)35-21-29-20-27(12-17-34(29)41-35)25-8-13-31(14-9-25)40-38(43)26-10-15-33(16-11-26)47-32-6-4-3-5-7-32/h3-17,20-23,41H,18-19,24H2,1-2H3,(H,40,43). The number of H-pyrrole nitrogens is 1. The highest BCUT2D eigenvalue weighted by Gasteiger charge is 2.25. The minimum atomic E-state index is -0.203. The molecule has 8 heteroatoms. The molecule has 0 spiro atoms. The number of nitrogens with zero attached hydrogens (tertiary/aromatic N) is 1. The quantitative estimate of drug-likeness (QED) is 0.179. The normalized spacial score (nSPS) is 12.3. The van der Waals surface area contributed by atoms with Gasteiger partial charge in [0.15, 0.2) is 11.5 Å². The number of aromatic nitrogens is 1. The highest BCUT2D eigenvalue weighted by Crippen LogP contribution is 2.34. The van der Waals surface area contributed by atoms with Crippen molar-refractivity contribution in [3.8, 4) is 34.1 Å². The maximum absolute atomic E-state index is 13.5. The van der Waals surface area contributed by atoms with E-state index in [9.17, 15) is 9.59 Å². The molecule has 0 radical (unpaired) electrons. The number of aromatic amines is 1. The van der Waals surface area contributed by atoms with Crippen LogP contribution in [0.25, 0.3) is 22.0 Å². The minimum Gasteiger partial charge on any atom is -0.493 e. The van der Waals surface area contributed by atoms with Crippen LogP contribution in [-0.4, -0.2) is 42.5 Å². The summed E-state index contributed by atoms with van der Waals surface area (Å²) in [5.74, 6) is 2.52. The third-order valence-electron chi connectivity index (χ3n) is 8.43. The molecule has 47 heavy (non-hydrogen) atoms. The monoisotopic (exact) mass is 623 g/mol. The molecule has 0 saturated carbocycles. The van der Waals surface area contributed by atoms with Gasteiger partial charge in [0.05, 0.1) is 14.2 Å². The van der Waals surface area contributed by atoms with E-state index in [1.807, 2.05) is 89.8 Å². The first-order valence-electron chi connectivity index (χ1n) is 15.4. The van der Waals surface area contributed by atoms with Gasteiger partial charge in [0.2, 0.25) is 0 Å². The zero-order valence-corrected chi connectivity index (χ0v) is 26.1. The van der Waals surface area contributed by atoms with Crippen LogP contribution in [0.3, 0.4) is 0 Å². The van der Waals surface area contributed by atoms with Crippen LogP contribution in [0, 0.1) is 0 Å². The minimum absolute atomic E-state index is 0.0401. The number of rotatable bonds is 8. The topological polar surface area (TPSA) is 92.9 Å². The fourth-order valence-corrected chi connectivity index (χ4v) is 5.90. The highest BCUT2D eigenvalue weighted by molar-refractivity contribution is 6.04. The van der Waals surface area contributed by atoms with Gasteiger partial charge in [-0.25, -0.2) is 0 Å². The lowest BCUT2D eigenvalue weighted by Crippen LogP contribution is -2.36. The van der Waals surface area contributed by atoms with Crippen LogP contribution in [0.2, 0.25) is 0 Å². The number of hydrogen-bond acceptors (Lipinski definition) is 5. The van der Waals surface area contributed by atoms with E-state index in [-0.39, 0.29) is 11.8 Å². The number of amides is 2. The van der Waals surface area contributed by atoms with Gasteiger partial charge >= 0.3 is 0 Å². The van der Waals surface area contributed by atoms with Crippen LogP contribution in [0.4, 0.5) is 5.69 Å². The number of nitrogens with one attached hydrogen (secondary N) is 2. The molecule has 2 N–H and O–H groups in total. The number of carbonyl (C=O) groups is 2. The van der Waals surface area contributed by atoms with Crippen LogP contribution < -0.4 is 19.5 Å². The number of para-hydroxylation sites is 1. The van der Waals surface area contributed by atoms with Gasteiger partial charge in [-0.05, 0) is 108 Å². The summed E-state index contributed by atoms with van der Waals surface area (Å²) in [5, 5.41) is 3.91. The molecule has 1 aliphatic rings. The molecule has 0 saturated heterocycles. The van der Waals surface area contributed by atoms with Crippen molar-refractivity contribution in [2.75, 3.05) is 26.1 Å². The van der Waals surface area contributed by atoms with Gasteiger partial charge in [0, 0.05) is 35.2 Å². The first kappa shape index (κ1) is 29.7. The van der Waals surface area contributed by atoms with Gasteiger partial charge in [0.25, 0.3) is 11.8 Å². The second-order valence-corrected chi connectivity index (χ2v) is 11.4. The third kappa shape index (κ3) is 6.26. The van der Waals surface area contributed by atoms with Crippen LogP contribution in [0.15, 0.2) is 115 Å². The molecule has 7 rings (SSSR count). The summed E-state index contributed by atoms with van der Waals surface area (Å²) in [6.07, 6.45) is 0.748. The van der Waals surface area contributed by atoms with Crippen LogP contribution in [0.1, 0.15) is 32.0 Å². The molecule has 5 aromatic carbocycles. The Bertz CT molecular complexity index is 2070. The van der Waals surface area contributed by atoms with Crippen LogP contribution in [0.5, 0.6) is 23.0 Å². The Balaban J connectivity index is 1.01. The van der Waals surface area contributed by atoms with Gasteiger partial charge in [-0.3, -0.25) is 9.59 Å². The van der Waals surface area contributed by atoms with E-state index in [2.05, 4.69) is 16.4 Å². The lowest BCUT2D eigenvalue weighted by Gasteiger charge is -2.29. The highest BCUT2D eigenvalue weighted by atomic mass is 16.5. The molecule has 0 fully saturated rings. The van der Waals surface area contributed by atoms with Crippen molar-refractivity contribution >= 4 is 28.4 Å². The van der Waals surface area contributed by atoms with E-state index in [0.717, 1.165) is 39.8 Å². The van der Waals surface area contributed by atoms with E-state index in [0.29, 0.717) is 47.3 Å². The molecule has 0 atom stereocenters. The molecular weight excluding hydrogens is 590 g/mol. The van der Waals surface area contributed by atoms with Crippen molar-refractivity contribution in [1.29, 1.82) is 0 Å². The number of methoxy groups -OCH3 is 2. The number of ether oxygens (including phenoxy) is 3. The molecule has 6 aromatic rings. The molecule has 0 aliphatic carbocycles. The molecule has 1 aromatic heterocycles. The number of carbonyl (C=O) groups excluding carboxylic acids is 2. The Morgan fingerprint density at radius 3 is 2.13 bits per heavy atom. The summed E-state index contributed by atoms with van der Waals surface area (Å²) in [4.78, 5) is 31.6. The number of benzene rings is 5. The molecule has 0 bridgehead atoms. The SMILES string of the molecule is COc1cc2c(cc1OC)CN(C(=O)c1cc3cc(-c4ccc(NC(=O)c5ccc(Oc6ccccc6)cc5)cc4)ccc3[nH]1)CC2. The molecule has 8 nitrogen and oxygen atoms in total. The summed E-state index contributed by atoms with van der Waals surface area (Å²) in [6, 6.07) is 36.2. The summed E-state index contributed by atoms with van der Waals surface area (Å²) in [5.41, 5.74) is 6.91. The van der Waals surface area contributed by atoms with E-state index >= 15 is 0 Å². The number of anilines is 1. The average molecular weight is 624 g/mol. The summed E-state index contributed by atoms with van der Waals surface area (Å²) in [7, 11) is 3.25. The predicted octanol–water partition coefficient (Wildman–Crippen LogP) is 8.10. The Morgan fingerprint density at radius 1 is 0.723 bits per heavy atom. The van der Waals surface area contributed by atoms with Crippen molar-refractivity contribution in [3.05, 3.63) is 138 Å². The fourth-order valence-electron chi connectivity index (χ4n) is 5.90. The lowest BCUT2D eigenvalue weighted by molar-refractivity contribution is 0.0729. The van der Waals surface area contributed by atoms with Crippen molar-refractivity contribution < 1.29 is 23.8 Å². The van der Waals surface area contributed by atoms with Gasteiger partial charge in [-0.1, -0.05) is 36.4 Å². The smallest absolute Gasteiger partial charge is 0.270 e. The predicted molar refractivity (Wildman–Crippen MR) is 183 cm³/mol. The Morgan fingerprint density at radius 2 is 1.40 bits per heavy atom. The van der Waals surface area contributed by atoms with E-state index < -0.39 is 0 Å². The fraction of sp³-hybridized carbons (Fsp3) is 0.128. The Labute approximate surface area is 272 Å². The Kier molecular flexibility index (Phi) is 8.06. The second kappa shape index (κ2) is 12.8. The van der Waals surface area contributed by atoms with Crippen molar-refractivity contribution in [1.82, 2.24) is 9.88 Å². The molecule has 234 valence electrons.